The van der Waals surface area contributed by atoms with E-state index in [2.05, 4.69) is 44.9 Å². The van der Waals surface area contributed by atoms with Crippen molar-refractivity contribution in [1.82, 2.24) is 34.0 Å². The summed E-state index contributed by atoms with van der Waals surface area (Å²) >= 11 is 12.4. The van der Waals surface area contributed by atoms with Gasteiger partial charge < -0.3 is 31.2 Å². The number of anilines is 1. The zero-order valence-corrected chi connectivity index (χ0v) is 27.2. The van der Waals surface area contributed by atoms with Crippen LogP contribution in [-0.2, 0) is 0 Å². The first-order valence-corrected chi connectivity index (χ1v) is 14.5. The predicted octanol–water partition coefficient (Wildman–Crippen LogP) is 6.21. The van der Waals surface area contributed by atoms with E-state index in [-0.39, 0.29) is 29.6 Å². The molecule has 44 heavy (non-hydrogen) atoms. The van der Waals surface area contributed by atoms with Crippen LogP contribution in [0.3, 0.4) is 0 Å². The van der Waals surface area contributed by atoms with Crippen LogP contribution in [0.15, 0.2) is 73.9 Å². The molecule has 0 saturated heterocycles. The predicted molar refractivity (Wildman–Crippen MR) is 180 cm³/mol. The molecule has 232 valence electrons. The van der Waals surface area contributed by atoms with E-state index in [1.807, 2.05) is 68.0 Å². The van der Waals surface area contributed by atoms with Gasteiger partial charge in [0.25, 0.3) is 0 Å². The topological polar surface area (TPSA) is 160 Å². The Kier molecular flexibility index (Phi) is 11.3. The van der Waals surface area contributed by atoms with Gasteiger partial charge in [-0.15, -0.1) is 0 Å². The van der Waals surface area contributed by atoms with Gasteiger partial charge in [0.15, 0.2) is 16.1 Å². The number of hydrogen-bond donors (Lipinski definition) is 3. The number of hydrogen-bond acceptors (Lipinski definition) is 9. The lowest BCUT2D eigenvalue weighted by molar-refractivity contribution is 0.104. The number of aromatic nitrogens is 6. The number of nitrogens with two attached hydrogens (primary N) is 3. The Bertz CT molecular complexity index is 1800. The van der Waals surface area contributed by atoms with Gasteiger partial charge in [0.1, 0.15) is 0 Å². The lowest BCUT2D eigenvalue weighted by Gasteiger charge is -2.09. The smallest absolute Gasteiger partial charge is 0.220 e. The van der Waals surface area contributed by atoms with Crippen molar-refractivity contribution in [3.8, 4) is 11.3 Å². The van der Waals surface area contributed by atoms with Crippen molar-refractivity contribution in [3.63, 3.8) is 0 Å². The van der Waals surface area contributed by atoms with Gasteiger partial charge in [0, 0.05) is 91.3 Å². The highest BCUT2D eigenvalue weighted by Gasteiger charge is 2.18. The van der Waals surface area contributed by atoms with Crippen LogP contribution in [-0.4, -0.2) is 53.8 Å². The first-order valence-electron chi connectivity index (χ1n) is 13.7. The monoisotopic (exact) mass is 636 g/mol. The quantitative estimate of drug-likeness (QED) is 0.112. The molecule has 5 aromatic rings. The molecule has 0 bridgehead atoms. The number of fused-ring (bicyclic) bond motifs is 2. The lowest BCUT2D eigenvalue weighted by atomic mass is 10.1. The molecule has 6 N–H and O–H groups in total. The summed E-state index contributed by atoms with van der Waals surface area (Å²) in [6.45, 7) is 11.4. The van der Waals surface area contributed by atoms with E-state index < -0.39 is 0 Å². The third-order valence-electron chi connectivity index (χ3n) is 6.24. The molecule has 0 amide bonds. The minimum Gasteiger partial charge on any atom is -0.386 e. The number of nitrogens with zero attached hydrogens (tertiary/aromatic N) is 7. The van der Waals surface area contributed by atoms with Crippen LogP contribution in [0.4, 0.5) is 5.95 Å². The second-order valence-corrected chi connectivity index (χ2v) is 11.3. The van der Waals surface area contributed by atoms with Gasteiger partial charge in [-0.25, -0.2) is 19.9 Å². The Morgan fingerprint density at radius 2 is 1.39 bits per heavy atom. The maximum Gasteiger partial charge on any atom is 0.220 e. The fraction of sp³-hybridized carbons (Fsp3) is 0.258. The lowest BCUT2D eigenvalue weighted by Crippen LogP contribution is -2.04. The molecule has 11 nitrogen and oxygen atoms in total. The summed E-state index contributed by atoms with van der Waals surface area (Å²) in [5.41, 5.74) is 19.2. The molecule has 5 aromatic heterocycles. The van der Waals surface area contributed by atoms with Gasteiger partial charge in [0.2, 0.25) is 5.95 Å². The Morgan fingerprint density at radius 3 is 1.91 bits per heavy atom. The third-order valence-corrected chi connectivity index (χ3v) is 6.80. The van der Waals surface area contributed by atoms with Crippen LogP contribution in [0.5, 0.6) is 0 Å². The van der Waals surface area contributed by atoms with Crippen LogP contribution in [0.25, 0.3) is 33.1 Å². The number of allylic oxidation sites excluding steroid dienone is 1. The van der Waals surface area contributed by atoms with Crippen LogP contribution in [0.2, 0.25) is 10.3 Å². The van der Waals surface area contributed by atoms with E-state index in [9.17, 15) is 4.79 Å². The first kappa shape index (κ1) is 33.9. The molecule has 0 aromatic carbocycles. The van der Waals surface area contributed by atoms with E-state index in [1.165, 1.54) is 0 Å². The van der Waals surface area contributed by atoms with Gasteiger partial charge in [-0.1, -0.05) is 29.8 Å². The molecule has 0 saturated carbocycles. The SMILES string of the molecule is C=C(N)N.CC(C)n1cc(-c2ccnc(N)n2)c2ccnc(Cl)c21.CC(C)n1cc(C(=O)/C=C/N(C)C)c2ccnc(Cl)c21. The van der Waals surface area contributed by atoms with E-state index in [0.29, 0.717) is 15.9 Å². The van der Waals surface area contributed by atoms with Crippen LogP contribution in [0, 0.1) is 0 Å². The van der Waals surface area contributed by atoms with Crippen molar-refractivity contribution in [2.45, 2.75) is 39.8 Å². The van der Waals surface area contributed by atoms with Gasteiger partial charge in [0.05, 0.1) is 22.5 Å². The normalized spacial score (nSPS) is 11.0. The molecular formula is C31H38Cl2N10O. The summed E-state index contributed by atoms with van der Waals surface area (Å²) in [4.78, 5) is 30.6. The molecule has 0 aliphatic rings. The summed E-state index contributed by atoms with van der Waals surface area (Å²) < 4.78 is 4.08. The van der Waals surface area contributed by atoms with Crippen molar-refractivity contribution in [1.29, 1.82) is 0 Å². The highest BCUT2D eigenvalue weighted by atomic mass is 35.5. The number of carbonyl (C=O) groups excluding carboxylic acids is 1. The van der Waals surface area contributed by atoms with Crippen LogP contribution in [0.1, 0.15) is 50.1 Å². The zero-order valence-electron chi connectivity index (χ0n) is 25.7. The molecule has 13 heteroatoms. The third kappa shape index (κ3) is 8.06. The molecule has 0 unspecified atom stereocenters. The Hall–Kier alpha value is -4.61. The maximum atomic E-state index is 12.3. The van der Waals surface area contributed by atoms with E-state index >= 15 is 0 Å². The molecule has 5 rings (SSSR count). The molecule has 0 spiro atoms. The second-order valence-electron chi connectivity index (χ2n) is 10.6. The summed E-state index contributed by atoms with van der Waals surface area (Å²) in [7, 11) is 3.75. The molecule has 0 atom stereocenters. The Labute approximate surface area is 267 Å². The first-order chi connectivity index (χ1) is 20.7. The Morgan fingerprint density at radius 1 is 0.886 bits per heavy atom. The van der Waals surface area contributed by atoms with Crippen LogP contribution < -0.4 is 17.2 Å². The minimum absolute atomic E-state index is 0.0367. The van der Waals surface area contributed by atoms with E-state index in [4.69, 9.17) is 40.4 Å². The largest absolute Gasteiger partial charge is 0.386 e. The minimum atomic E-state index is -0.0367. The molecular weight excluding hydrogens is 599 g/mol. The summed E-state index contributed by atoms with van der Waals surface area (Å²) in [5.74, 6) is 0.387. The highest BCUT2D eigenvalue weighted by molar-refractivity contribution is 6.35. The van der Waals surface area contributed by atoms with Gasteiger partial charge in [-0.2, -0.15) is 0 Å². The average molecular weight is 638 g/mol. The van der Waals surface area contributed by atoms with Crippen molar-refractivity contribution in [2.75, 3.05) is 19.8 Å². The zero-order chi connectivity index (χ0) is 32.7. The van der Waals surface area contributed by atoms with E-state index in [1.54, 1.807) is 30.9 Å². The summed E-state index contributed by atoms with van der Waals surface area (Å²) in [6.07, 6.45) is 12.2. The number of halogens is 2. The number of carbonyl (C=O) groups is 1. The maximum absolute atomic E-state index is 12.3. The summed E-state index contributed by atoms with van der Waals surface area (Å²) in [6, 6.07) is 6.08. The molecule has 0 fully saturated rings. The van der Waals surface area contributed by atoms with E-state index in [0.717, 1.165) is 33.1 Å². The van der Waals surface area contributed by atoms with Crippen molar-refractivity contribution in [2.24, 2.45) is 11.5 Å². The molecule has 0 aliphatic heterocycles. The number of ketones is 1. The van der Waals surface area contributed by atoms with Gasteiger partial charge in [-0.05, 0) is 45.9 Å². The number of pyridine rings is 2. The fourth-order valence-corrected chi connectivity index (χ4v) is 4.89. The average Bonchev–Trinajstić information content (AvgIpc) is 3.53. The number of nitrogen functional groups attached to an aromatic ring is 1. The van der Waals surface area contributed by atoms with Crippen molar-refractivity contribution >= 4 is 56.7 Å². The molecule has 5 heterocycles. The Balaban J connectivity index is 0.000000215. The van der Waals surface area contributed by atoms with Gasteiger partial charge >= 0.3 is 0 Å². The standard InChI is InChI=1S/C15H18ClN3O.C14H14ClN5.C2H6N2/c1-10(2)19-9-12(13(20)6-8-18(3)4)11-5-7-17-15(16)14(11)19;1-8(2)20-7-10(11-4-6-18-14(16)19-11)9-3-5-17-13(15)12(9)20;1-2(3)4/h5-10H,1-4H3;3-8H,1-2H3,(H2,16,18,19);1,3-4H2/b8-6+;;. The number of rotatable bonds is 6. The van der Waals surface area contributed by atoms with Crippen molar-refractivity contribution in [3.05, 3.63) is 89.7 Å². The molecule has 0 radical (unpaired) electrons. The van der Waals surface area contributed by atoms with Gasteiger partial charge in [-0.3, -0.25) is 4.79 Å². The second kappa shape index (κ2) is 14.7. The molecule has 0 aliphatic carbocycles. The highest BCUT2D eigenvalue weighted by Crippen LogP contribution is 2.34. The fourth-order valence-electron chi connectivity index (χ4n) is 4.37. The van der Waals surface area contributed by atoms with Crippen molar-refractivity contribution < 1.29 is 4.79 Å². The summed E-state index contributed by atoms with van der Waals surface area (Å²) in [5, 5.41) is 2.76. The van der Waals surface area contributed by atoms with Crippen LogP contribution >= 0.6 is 23.2 Å².